The van der Waals surface area contributed by atoms with E-state index in [9.17, 15) is 0 Å². The molecule has 0 saturated heterocycles. The molecule has 5 aromatic carbocycles. The number of nitrogens with zero attached hydrogens (tertiary/aromatic N) is 5. The molecule has 0 bridgehead atoms. The molecule has 0 N–H and O–H groups in total. The molecule has 4 heterocycles. The van der Waals surface area contributed by atoms with Crippen LogP contribution >= 0.6 is 0 Å². The number of ether oxygens (including phenoxy) is 1. The molecule has 0 radical (unpaired) electrons. The largest absolute Gasteiger partial charge is 0.457 e. The van der Waals surface area contributed by atoms with Gasteiger partial charge in [0.15, 0.2) is 0 Å². The minimum absolute atomic E-state index is 0.0672. The van der Waals surface area contributed by atoms with Crippen LogP contribution in [0.25, 0.3) is 60.8 Å². The van der Waals surface area contributed by atoms with Crippen molar-refractivity contribution in [1.29, 1.82) is 0 Å². The maximum absolute atomic E-state index is 6.57. The fourth-order valence-corrected chi connectivity index (χ4v) is 8.22. The summed E-state index contributed by atoms with van der Waals surface area (Å²) in [6.07, 6.45) is 1.95. The highest BCUT2D eigenvalue weighted by molar-refractivity contribution is 6.12. The maximum atomic E-state index is 6.57. The van der Waals surface area contributed by atoms with Gasteiger partial charge in [0.25, 0.3) is 0 Å². The number of rotatable bonds is 5. The smallest absolute Gasteiger partial charge is 0.139 e. The highest BCUT2D eigenvalue weighted by Gasteiger charge is 2.27. The summed E-state index contributed by atoms with van der Waals surface area (Å²) >= 11 is 0. The van der Waals surface area contributed by atoms with E-state index in [0.29, 0.717) is 0 Å². The second-order valence-corrected chi connectivity index (χ2v) is 16.6. The Morgan fingerprint density at radius 3 is 1.81 bits per heavy atom. The maximum Gasteiger partial charge on any atom is 0.139 e. The molecule has 54 heavy (non-hydrogen) atoms. The summed E-state index contributed by atoms with van der Waals surface area (Å²) in [6, 6.07) is 43.0. The van der Waals surface area contributed by atoms with Gasteiger partial charge in [-0.3, -0.25) is 4.57 Å². The van der Waals surface area contributed by atoms with Gasteiger partial charge in [-0.2, -0.15) is 5.10 Å². The summed E-state index contributed by atoms with van der Waals surface area (Å²) in [4.78, 5) is 5.06. The van der Waals surface area contributed by atoms with Gasteiger partial charge in [-0.05, 0) is 78.3 Å². The normalized spacial score (nSPS) is 12.4. The first kappa shape index (κ1) is 33.7. The lowest BCUT2D eigenvalue weighted by atomic mass is 9.85. The molecule has 0 fully saturated rings. The number of hydrogen-bond donors (Lipinski definition) is 0. The lowest BCUT2D eigenvalue weighted by molar-refractivity contribution is 0.482. The molecule has 0 aliphatic heterocycles. The van der Waals surface area contributed by atoms with Gasteiger partial charge in [-0.15, -0.1) is 0 Å². The van der Waals surface area contributed by atoms with Gasteiger partial charge >= 0.3 is 0 Å². The Bertz CT molecular complexity index is 2840. The molecular formula is C48H45N5O. The first-order valence-electron chi connectivity index (χ1n) is 18.8. The summed E-state index contributed by atoms with van der Waals surface area (Å²) in [5.41, 5.74) is 11.2. The summed E-state index contributed by atoms with van der Waals surface area (Å²) < 4.78 is 13.3. The molecular weight excluding hydrogens is 663 g/mol. The van der Waals surface area contributed by atoms with Crippen LogP contribution in [0.15, 0.2) is 128 Å². The van der Waals surface area contributed by atoms with Gasteiger partial charge in [-0.25, -0.2) is 9.67 Å². The van der Waals surface area contributed by atoms with Gasteiger partial charge in [-0.1, -0.05) is 102 Å². The van der Waals surface area contributed by atoms with Gasteiger partial charge in [0.1, 0.15) is 17.3 Å². The monoisotopic (exact) mass is 707 g/mol. The third-order valence-corrected chi connectivity index (χ3v) is 10.6. The van der Waals surface area contributed by atoms with Gasteiger partial charge in [0.2, 0.25) is 0 Å². The molecule has 6 nitrogen and oxygen atoms in total. The molecule has 268 valence electrons. The topological polar surface area (TPSA) is 49.8 Å². The summed E-state index contributed by atoms with van der Waals surface area (Å²) in [7, 11) is 0. The Morgan fingerprint density at radius 1 is 0.519 bits per heavy atom. The number of fused-ring (bicyclic) bond motifs is 6. The first-order chi connectivity index (χ1) is 25.9. The van der Waals surface area contributed by atoms with Crippen LogP contribution < -0.4 is 4.74 Å². The Morgan fingerprint density at radius 2 is 1.15 bits per heavy atom. The van der Waals surface area contributed by atoms with Crippen LogP contribution in [0.2, 0.25) is 0 Å². The summed E-state index contributed by atoms with van der Waals surface area (Å²) in [6.45, 7) is 17.9. The number of para-hydroxylation sites is 3. The molecule has 0 amide bonds. The Hall–Kier alpha value is -6.14. The van der Waals surface area contributed by atoms with Gasteiger partial charge in [0.05, 0.1) is 39.1 Å². The van der Waals surface area contributed by atoms with E-state index in [4.69, 9.17) is 9.72 Å². The third kappa shape index (κ3) is 5.47. The van der Waals surface area contributed by atoms with E-state index in [1.807, 2.05) is 36.0 Å². The lowest BCUT2D eigenvalue weighted by Crippen LogP contribution is -2.15. The summed E-state index contributed by atoms with van der Waals surface area (Å²) in [5, 5.41) is 9.52. The Kier molecular flexibility index (Phi) is 7.61. The van der Waals surface area contributed by atoms with E-state index in [2.05, 4.69) is 166 Å². The second-order valence-electron chi connectivity index (χ2n) is 16.6. The van der Waals surface area contributed by atoms with Gasteiger partial charge < -0.3 is 9.30 Å². The standard InChI is InChI=1S/C48H45N5O/c1-30-26-31(2)53(50-30)33-14-11-15-34(27-33)54-35-22-23-37-36-16-9-10-21-42(36)52(43(37)29-35)44-28-32(24-25-49-44)51-45-38(17-12-19-40(45)47(3,4)5)39-18-13-20-41(46(39)51)48(6,7)8/h9-29H,1-8H3. The van der Waals surface area contributed by atoms with Crippen LogP contribution in [0.3, 0.4) is 0 Å². The van der Waals surface area contributed by atoms with Crippen molar-refractivity contribution in [2.75, 3.05) is 0 Å². The van der Waals surface area contributed by atoms with Crippen molar-refractivity contribution < 1.29 is 4.74 Å². The average Bonchev–Trinajstić information content (AvgIpc) is 3.78. The van der Waals surface area contributed by atoms with E-state index in [1.165, 1.54) is 38.3 Å². The molecule has 0 aliphatic rings. The molecule has 6 heteroatoms. The zero-order valence-corrected chi connectivity index (χ0v) is 32.3. The van der Waals surface area contributed by atoms with Crippen LogP contribution in [0.5, 0.6) is 11.5 Å². The van der Waals surface area contributed by atoms with E-state index in [0.717, 1.165) is 56.5 Å². The number of aromatic nitrogens is 5. The minimum atomic E-state index is -0.0672. The predicted octanol–water partition coefficient (Wildman–Crippen LogP) is 12.5. The van der Waals surface area contributed by atoms with Crippen LogP contribution in [0.1, 0.15) is 64.1 Å². The Balaban J connectivity index is 1.25. The van der Waals surface area contributed by atoms with Crippen molar-refractivity contribution in [1.82, 2.24) is 23.9 Å². The van der Waals surface area contributed by atoms with Crippen LogP contribution in [-0.4, -0.2) is 23.9 Å². The highest BCUT2D eigenvalue weighted by atomic mass is 16.5. The fraction of sp³-hybridized carbons (Fsp3) is 0.208. The third-order valence-electron chi connectivity index (χ3n) is 10.6. The first-order valence-corrected chi connectivity index (χ1v) is 18.8. The van der Waals surface area contributed by atoms with E-state index in [1.54, 1.807) is 0 Å². The molecule has 9 rings (SSSR count). The van der Waals surface area contributed by atoms with E-state index >= 15 is 0 Å². The van der Waals surface area contributed by atoms with Crippen molar-refractivity contribution in [2.45, 2.75) is 66.2 Å². The molecule has 0 atom stereocenters. The molecule has 0 aliphatic carbocycles. The van der Waals surface area contributed by atoms with Crippen LogP contribution in [-0.2, 0) is 10.8 Å². The quantitative estimate of drug-likeness (QED) is 0.179. The molecule has 0 saturated carbocycles. The van der Waals surface area contributed by atoms with Crippen molar-refractivity contribution in [3.63, 3.8) is 0 Å². The number of aryl methyl sites for hydroxylation is 2. The molecule has 9 aromatic rings. The van der Waals surface area contributed by atoms with Gasteiger partial charge in [0, 0.05) is 51.6 Å². The van der Waals surface area contributed by atoms with E-state index < -0.39 is 0 Å². The number of pyridine rings is 1. The van der Waals surface area contributed by atoms with Crippen molar-refractivity contribution >= 4 is 43.6 Å². The zero-order valence-electron chi connectivity index (χ0n) is 32.3. The van der Waals surface area contributed by atoms with E-state index in [-0.39, 0.29) is 10.8 Å². The Labute approximate surface area is 316 Å². The second kappa shape index (κ2) is 12.2. The number of benzene rings is 5. The van der Waals surface area contributed by atoms with Crippen molar-refractivity contribution in [2.24, 2.45) is 0 Å². The van der Waals surface area contributed by atoms with Crippen molar-refractivity contribution in [3.05, 3.63) is 150 Å². The molecule has 4 aromatic heterocycles. The van der Waals surface area contributed by atoms with Crippen molar-refractivity contribution in [3.8, 4) is 28.7 Å². The predicted molar refractivity (Wildman–Crippen MR) is 223 cm³/mol. The average molecular weight is 708 g/mol. The molecule has 0 unspecified atom stereocenters. The molecule has 0 spiro atoms. The SMILES string of the molecule is Cc1cc(C)n(-c2cccc(Oc3ccc4c5ccccc5n(-c5cc(-n6c7c(C(C)(C)C)cccc7c7cccc(C(C)(C)C)c76)ccn5)c4c3)c2)n1. The lowest BCUT2D eigenvalue weighted by Gasteiger charge is -2.24. The highest BCUT2D eigenvalue weighted by Crippen LogP contribution is 2.43. The minimum Gasteiger partial charge on any atom is -0.457 e. The zero-order chi connectivity index (χ0) is 37.5. The summed E-state index contributed by atoms with van der Waals surface area (Å²) in [5.74, 6) is 2.34. The van der Waals surface area contributed by atoms with Crippen LogP contribution in [0.4, 0.5) is 0 Å². The number of hydrogen-bond acceptors (Lipinski definition) is 3. The van der Waals surface area contributed by atoms with Crippen LogP contribution in [0, 0.1) is 13.8 Å². The fourth-order valence-electron chi connectivity index (χ4n) is 8.22.